The van der Waals surface area contributed by atoms with Gasteiger partial charge in [0.15, 0.2) is 11.6 Å². The van der Waals surface area contributed by atoms with E-state index in [2.05, 4.69) is 0 Å². The fourth-order valence-electron chi connectivity index (χ4n) is 1.78. The summed E-state index contributed by atoms with van der Waals surface area (Å²) in [5.41, 5.74) is 0.484. The summed E-state index contributed by atoms with van der Waals surface area (Å²) < 4.78 is 26.0. The van der Waals surface area contributed by atoms with E-state index in [0.717, 1.165) is 12.1 Å². The molecule has 0 aliphatic carbocycles. The molecule has 0 fully saturated rings. The van der Waals surface area contributed by atoms with Gasteiger partial charge in [-0.2, -0.15) is 0 Å². The fraction of sp³-hybridized carbons (Fsp3) is 0.429. The number of amides is 1. The average molecular weight is 285 g/mol. The highest BCUT2D eigenvalue weighted by Crippen LogP contribution is 2.21. The molecule has 1 unspecified atom stereocenters. The van der Waals surface area contributed by atoms with Gasteiger partial charge in [-0.25, -0.2) is 8.78 Å². The van der Waals surface area contributed by atoms with Crippen LogP contribution in [0.3, 0.4) is 0 Å². The van der Waals surface area contributed by atoms with E-state index in [4.69, 9.17) is 5.11 Å². The minimum atomic E-state index is -0.957. The minimum absolute atomic E-state index is 0.0703. The molecule has 1 aromatic rings. The molecule has 0 heterocycles. The van der Waals surface area contributed by atoms with Crippen molar-refractivity contribution in [3.8, 4) is 0 Å². The number of benzene rings is 1. The Morgan fingerprint density at radius 2 is 1.90 bits per heavy atom. The molecule has 0 radical (unpaired) electrons. The van der Waals surface area contributed by atoms with Gasteiger partial charge in [0.1, 0.15) is 0 Å². The molecule has 0 saturated heterocycles. The van der Waals surface area contributed by atoms with Crippen LogP contribution in [0.5, 0.6) is 0 Å². The van der Waals surface area contributed by atoms with Crippen molar-refractivity contribution in [2.24, 2.45) is 0 Å². The predicted octanol–water partition coefficient (Wildman–Crippen LogP) is 2.74. The number of rotatable bonds is 6. The Kier molecular flexibility index (Phi) is 5.61. The summed E-state index contributed by atoms with van der Waals surface area (Å²) in [5, 5.41) is 8.51. The van der Waals surface area contributed by atoms with Crippen LogP contribution in [-0.4, -0.2) is 28.9 Å². The maximum absolute atomic E-state index is 13.2. The summed E-state index contributed by atoms with van der Waals surface area (Å²) in [6.07, 6.45) is 0.291. The van der Waals surface area contributed by atoms with E-state index in [0.29, 0.717) is 5.56 Å². The van der Waals surface area contributed by atoms with E-state index in [1.807, 2.05) is 0 Å². The number of hydrogen-bond acceptors (Lipinski definition) is 2. The number of hydrogen-bond donors (Lipinski definition) is 1. The number of carbonyl (C=O) groups excluding carboxylic acids is 1. The molecule has 20 heavy (non-hydrogen) atoms. The average Bonchev–Trinajstić information content (AvgIpc) is 2.39. The lowest BCUT2D eigenvalue weighted by atomic mass is 10.1. The van der Waals surface area contributed by atoms with Gasteiger partial charge >= 0.3 is 5.97 Å². The van der Waals surface area contributed by atoms with Gasteiger partial charge in [-0.05, 0) is 31.0 Å². The molecule has 0 spiro atoms. The molecule has 1 rings (SSSR count). The first kappa shape index (κ1) is 16.1. The Bertz CT molecular complexity index is 505. The van der Waals surface area contributed by atoms with Gasteiger partial charge in [-0.1, -0.05) is 6.07 Å². The lowest BCUT2D eigenvalue weighted by molar-refractivity contribution is -0.137. The SMILES string of the molecule is CC(c1ccc(F)c(F)c1)N(C)C(=O)CCCC(=O)O. The van der Waals surface area contributed by atoms with Crippen LogP contribution in [0, 0.1) is 11.6 Å². The van der Waals surface area contributed by atoms with Gasteiger partial charge in [-0.3, -0.25) is 9.59 Å². The van der Waals surface area contributed by atoms with Crippen molar-refractivity contribution in [3.63, 3.8) is 0 Å². The summed E-state index contributed by atoms with van der Waals surface area (Å²) >= 11 is 0. The van der Waals surface area contributed by atoms with E-state index in [-0.39, 0.29) is 25.2 Å². The third-order valence-electron chi connectivity index (χ3n) is 3.18. The Hall–Kier alpha value is -1.98. The van der Waals surface area contributed by atoms with Crippen molar-refractivity contribution >= 4 is 11.9 Å². The first-order valence-electron chi connectivity index (χ1n) is 6.25. The Labute approximate surface area is 116 Å². The number of aliphatic carboxylic acids is 1. The van der Waals surface area contributed by atoms with Crippen LogP contribution >= 0.6 is 0 Å². The number of carbonyl (C=O) groups is 2. The second-order valence-corrected chi connectivity index (χ2v) is 4.60. The Morgan fingerprint density at radius 3 is 2.45 bits per heavy atom. The fourth-order valence-corrected chi connectivity index (χ4v) is 1.78. The summed E-state index contributed by atoms with van der Waals surface area (Å²) in [4.78, 5) is 23.6. The number of carboxylic acid groups (broad SMARTS) is 1. The lowest BCUT2D eigenvalue weighted by Gasteiger charge is -2.25. The zero-order chi connectivity index (χ0) is 15.3. The van der Waals surface area contributed by atoms with Crippen molar-refractivity contribution in [2.45, 2.75) is 32.2 Å². The molecule has 1 aromatic carbocycles. The van der Waals surface area contributed by atoms with Gasteiger partial charge in [-0.15, -0.1) is 0 Å². The molecule has 4 nitrogen and oxygen atoms in total. The van der Waals surface area contributed by atoms with E-state index < -0.39 is 23.6 Å². The molecule has 1 N–H and O–H groups in total. The summed E-state index contributed by atoms with van der Waals surface area (Å²) in [5.74, 6) is -3.07. The van der Waals surface area contributed by atoms with Crippen LogP contribution < -0.4 is 0 Å². The zero-order valence-corrected chi connectivity index (χ0v) is 11.4. The second-order valence-electron chi connectivity index (χ2n) is 4.60. The smallest absolute Gasteiger partial charge is 0.303 e. The highest BCUT2D eigenvalue weighted by Gasteiger charge is 2.18. The number of halogens is 2. The Morgan fingerprint density at radius 1 is 1.25 bits per heavy atom. The molecule has 110 valence electrons. The standard InChI is InChI=1S/C14H17F2NO3/c1-9(10-6-7-11(15)12(16)8-10)17(2)13(18)4-3-5-14(19)20/h6-9H,3-5H2,1-2H3,(H,19,20). The molecule has 0 aliphatic heterocycles. The third-order valence-corrected chi connectivity index (χ3v) is 3.18. The summed E-state index contributed by atoms with van der Waals surface area (Å²) in [6.45, 7) is 1.70. The van der Waals surface area contributed by atoms with E-state index in [1.54, 1.807) is 14.0 Å². The maximum atomic E-state index is 13.2. The molecule has 0 saturated carbocycles. The van der Waals surface area contributed by atoms with Crippen molar-refractivity contribution in [1.82, 2.24) is 4.90 Å². The molecule has 1 atom stereocenters. The van der Waals surface area contributed by atoms with Crippen LogP contribution in [0.15, 0.2) is 18.2 Å². The topological polar surface area (TPSA) is 57.6 Å². The molecule has 0 aliphatic rings. The molecular formula is C14H17F2NO3. The van der Waals surface area contributed by atoms with Gasteiger partial charge in [0.25, 0.3) is 0 Å². The Balaban J connectivity index is 2.65. The molecule has 0 aromatic heterocycles. The highest BCUT2D eigenvalue weighted by atomic mass is 19.2. The lowest BCUT2D eigenvalue weighted by Crippen LogP contribution is -2.29. The zero-order valence-electron chi connectivity index (χ0n) is 11.4. The van der Waals surface area contributed by atoms with Crippen LogP contribution in [0.25, 0.3) is 0 Å². The van der Waals surface area contributed by atoms with E-state index >= 15 is 0 Å². The quantitative estimate of drug-likeness (QED) is 0.874. The third kappa shape index (κ3) is 4.29. The van der Waals surface area contributed by atoms with Gasteiger partial charge < -0.3 is 10.0 Å². The summed E-state index contributed by atoms with van der Waals surface area (Å²) in [7, 11) is 1.55. The molecule has 6 heteroatoms. The first-order valence-corrected chi connectivity index (χ1v) is 6.25. The minimum Gasteiger partial charge on any atom is -0.481 e. The molecule has 0 bridgehead atoms. The summed E-state index contributed by atoms with van der Waals surface area (Å²) in [6, 6.07) is 3.08. The number of nitrogens with zero attached hydrogens (tertiary/aromatic N) is 1. The van der Waals surface area contributed by atoms with Crippen molar-refractivity contribution in [2.75, 3.05) is 7.05 Å². The molecule has 1 amide bonds. The van der Waals surface area contributed by atoms with Crippen LogP contribution in [-0.2, 0) is 9.59 Å². The van der Waals surface area contributed by atoms with Gasteiger partial charge in [0, 0.05) is 19.9 Å². The monoisotopic (exact) mass is 285 g/mol. The second kappa shape index (κ2) is 6.98. The van der Waals surface area contributed by atoms with Crippen LogP contribution in [0.4, 0.5) is 8.78 Å². The van der Waals surface area contributed by atoms with E-state index in [1.165, 1.54) is 11.0 Å². The van der Waals surface area contributed by atoms with E-state index in [9.17, 15) is 18.4 Å². The number of carboxylic acids is 1. The normalized spacial score (nSPS) is 12.0. The first-order chi connectivity index (χ1) is 9.32. The van der Waals surface area contributed by atoms with Gasteiger partial charge in [0.05, 0.1) is 6.04 Å². The largest absolute Gasteiger partial charge is 0.481 e. The molecular weight excluding hydrogens is 268 g/mol. The van der Waals surface area contributed by atoms with Crippen molar-refractivity contribution in [3.05, 3.63) is 35.4 Å². The van der Waals surface area contributed by atoms with Crippen LogP contribution in [0.2, 0.25) is 0 Å². The van der Waals surface area contributed by atoms with Crippen molar-refractivity contribution in [1.29, 1.82) is 0 Å². The highest BCUT2D eigenvalue weighted by molar-refractivity contribution is 5.77. The van der Waals surface area contributed by atoms with Crippen LogP contribution in [0.1, 0.15) is 37.8 Å². The predicted molar refractivity (Wildman–Crippen MR) is 69.0 cm³/mol. The van der Waals surface area contributed by atoms with Crippen molar-refractivity contribution < 1.29 is 23.5 Å². The van der Waals surface area contributed by atoms with Gasteiger partial charge in [0.2, 0.25) is 5.91 Å². The maximum Gasteiger partial charge on any atom is 0.303 e.